The normalized spacial score (nSPS) is 23.4. The lowest BCUT2D eigenvalue weighted by molar-refractivity contribution is 0.0688. The lowest BCUT2D eigenvalue weighted by atomic mass is 9.83. The van der Waals surface area contributed by atoms with Gasteiger partial charge in [0.25, 0.3) is 0 Å². The van der Waals surface area contributed by atoms with Crippen LogP contribution >= 0.6 is 0 Å². The van der Waals surface area contributed by atoms with Gasteiger partial charge in [-0.1, -0.05) is 38.8 Å². The predicted octanol–water partition coefficient (Wildman–Crippen LogP) is 3.59. The average molecular weight is 474 g/mol. The molecule has 34 heavy (non-hydrogen) atoms. The molecule has 1 saturated carbocycles. The molecule has 2 aliphatic carbocycles. The lowest BCUT2D eigenvalue weighted by Gasteiger charge is -2.31. The van der Waals surface area contributed by atoms with Gasteiger partial charge in [0, 0.05) is 31.3 Å². The van der Waals surface area contributed by atoms with Crippen molar-refractivity contribution in [3.8, 4) is 5.88 Å². The molecular formula is C25H39N5O4. The first-order valence-electron chi connectivity index (χ1n) is 12.5. The Kier molecular flexibility index (Phi) is 10.00. The van der Waals surface area contributed by atoms with Gasteiger partial charge < -0.3 is 25.8 Å². The highest BCUT2D eigenvalue weighted by Gasteiger charge is 2.22. The molecule has 2 amide bonds. The van der Waals surface area contributed by atoms with Gasteiger partial charge in [-0.3, -0.25) is 5.32 Å². The van der Waals surface area contributed by atoms with Gasteiger partial charge >= 0.3 is 12.0 Å². The fourth-order valence-corrected chi connectivity index (χ4v) is 4.38. The van der Waals surface area contributed by atoms with Gasteiger partial charge in [-0.2, -0.15) is 0 Å². The highest BCUT2D eigenvalue weighted by Crippen LogP contribution is 2.27. The molecule has 1 aromatic heterocycles. The minimum absolute atomic E-state index is 0.0278. The standard InChI is InChI=1S/C25H39N5O4/c1-3-15-26-25(33)30-24(27-16-18-9-7-17(2)8-10-18)28-19-11-13-20(14-12-19)34-22-6-4-5-21(29-22)23(31)32/h4-6,11,17-18,20,24,27-28H,3,7-10,12-16H2,1-2H3,(H,31,32)(H2,26,30,33). The molecule has 5 N–H and O–H groups in total. The number of ether oxygens (including phenoxy) is 1. The Balaban J connectivity index is 1.52. The van der Waals surface area contributed by atoms with Crippen LogP contribution < -0.4 is 26.0 Å². The summed E-state index contributed by atoms with van der Waals surface area (Å²) < 4.78 is 5.90. The molecule has 1 heterocycles. The van der Waals surface area contributed by atoms with Gasteiger partial charge in [0.05, 0.1) is 0 Å². The van der Waals surface area contributed by atoms with Crippen molar-refractivity contribution < 1.29 is 19.4 Å². The Labute approximate surface area is 202 Å². The fraction of sp³-hybridized carbons (Fsp3) is 0.640. The number of carbonyl (C=O) groups excluding carboxylic acids is 1. The van der Waals surface area contributed by atoms with E-state index in [9.17, 15) is 9.59 Å². The number of aromatic nitrogens is 1. The van der Waals surface area contributed by atoms with E-state index in [0.717, 1.165) is 37.4 Å². The second-order valence-electron chi connectivity index (χ2n) is 9.42. The Hall–Kier alpha value is -2.81. The zero-order chi connectivity index (χ0) is 24.3. The molecule has 9 heteroatoms. The molecule has 1 aromatic rings. The molecule has 0 saturated heterocycles. The van der Waals surface area contributed by atoms with E-state index in [1.54, 1.807) is 12.1 Å². The van der Waals surface area contributed by atoms with Gasteiger partial charge in [0.2, 0.25) is 5.88 Å². The summed E-state index contributed by atoms with van der Waals surface area (Å²) in [6, 6.07) is 4.57. The fourth-order valence-electron chi connectivity index (χ4n) is 4.38. The maximum absolute atomic E-state index is 12.3. The van der Waals surface area contributed by atoms with Gasteiger partial charge in [-0.25, -0.2) is 14.6 Å². The van der Waals surface area contributed by atoms with E-state index in [2.05, 4.69) is 39.3 Å². The monoisotopic (exact) mass is 473 g/mol. The number of hydrogen-bond acceptors (Lipinski definition) is 6. The Bertz CT molecular complexity index is 838. The number of pyridine rings is 1. The van der Waals surface area contributed by atoms with Crippen LogP contribution in [0.15, 0.2) is 30.0 Å². The third-order valence-electron chi connectivity index (χ3n) is 6.48. The van der Waals surface area contributed by atoms with Crippen LogP contribution in [-0.2, 0) is 0 Å². The molecule has 3 rings (SSSR count). The highest BCUT2D eigenvalue weighted by molar-refractivity contribution is 5.85. The number of nitrogens with zero attached hydrogens (tertiary/aromatic N) is 1. The maximum Gasteiger partial charge on any atom is 0.354 e. The highest BCUT2D eigenvalue weighted by atomic mass is 16.5. The molecule has 2 atom stereocenters. The van der Waals surface area contributed by atoms with E-state index in [-0.39, 0.29) is 24.1 Å². The van der Waals surface area contributed by atoms with Crippen molar-refractivity contribution in [2.45, 2.75) is 77.6 Å². The first-order chi connectivity index (χ1) is 16.4. The summed E-state index contributed by atoms with van der Waals surface area (Å²) in [5, 5.41) is 21.9. The average Bonchev–Trinajstić information content (AvgIpc) is 2.83. The zero-order valence-electron chi connectivity index (χ0n) is 20.3. The van der Waals surface area contributed by atoms with E-state index in [0.29, 0.717) is 24.8 Å². The summed E-state index contributed by atoms with van der Waals surface area (Å²) in [5.74, 6) is 0.697. The largest absolute Gasteiger partial charge is 0.477 e. The van der Waals surface area contributed by atoms with Gasteiger partial charge in [-0.15, -0.1) is 0 Å². The third kappa shape index (κ3) is 8.52. The number of hydrogen-bond donors (Lipinski definition) is 5. The van der Waals surface area contributed by atoms with E-state index in [1.807, 2.05) is 6.92 Å². The van der Waals surface area contributed by atoms with Crippen molar-refractivity contribution in [3.63, 3.8) is 0 Å². The van der Waals surface area contributed by atoms with Gasteiger partial charge in [-0.05, 0) is 50.0 Å². The van der Waals surface area contributed by atoms with Crippen molar-refractivity contribution >= 4 is 12.0 Å². The van der Waals surface area contributed by atoms with Crippen LogP contribution in [-0.4, -0.2) is 47.6 Å². The van der Waals surface area contributed by atoms with Crippen molar-refractivity contribution in [2.75, 3.05) is 13.1 Å². The first kappa shape index (κ1) is 25.8. The van der Waals surface area contributed by atoms with Gasteiger partial charge in [0.1, 0.15) is 6.10 Å². The molecule has 0 aromatic carbocycles. The second kappa shape index (κ2) is 13.2. The summed E-state index contributed by atoms with van der Waals surface area (Å²) in [7, 11) is 0. The molecule has 9 nitrogen and oxygen atoms in total. The molecule has 1 fully saturated rings. The Morgan fingerprint density at radius 1 is 1.21 bits per heavy atom. The van der Waals surface area contributed by atoms with Gasteiger partial charge in [0.15, 0.2) is 12.0 Å². The first-order valence-corrected chi connectivity index (χ1v) is 12.5. The second-order valence-corrected chi connectivity index (χ2v) is 9.42. The summed E-state index contributed by atoms with van der Waals surface area (Å²) in [5.41, 5.74) is 1.03. The maximum atomic E-state index is 12.3. The molecule has 0 aliphatic heterocycles. The van der Waals surface area contributed by atoms with Crippen LogP contribution in [0.1, 0.15) is 75.7 Å². The molecule has 0 radical (unpaired) electrons. The molecule has 2 unspecified atom stereocenters. The minimum atomic E-state index is -1.07. The lowest BCUT2D eigenvalue weighted by Crippen LogP contribution is -2.57. The smallest absolute Gasteiger partial charge is 0.354 e. The number of urea groups is 1. The number of rotatable bonds is 11. The molecular weight excluding hydrogens is 434 g/mol. The van der Waals surface area contributed by atoms with Crippen molar-refractivity contribution in [1.82, 2.24) is 26.3 Å². The number of amides is 2. The van der Waals surface area contributed by atoms with E-state index in [1.165, 1.54) is 31.7 Å². The SMILES string of the molecule is CCCNC(=O)NC(NCC1CCC(C)CC1)NC1=CCC(Oc2cccc(C(=O)O)n2)CC1. The number of nitrogens with one attached hydrogen (secondary N) is 4. The molecule has 0 spiro atoms. The molecule has 0 bridgehead atoms. The zero-order valence-corrected chi connectivity index (χ0v) is 20.3. The van der Waals surface area contributed by atoms with Crippen molar-refractivity contribution in [2.24, 2.45) is 11.8 Å². The summed E-state index contributed by atoms with van der Waals surface area (Å²) in [4.78, 5) is 27.4. The number of carboxylic acids is 1. The topological polar surface area (TPSA) is 125 Å². The Morgan fingerprint density at radius 2 is 2.00 bits per heavy atom. The summed E-state index contributed by atoms with van der Waals surface area (Å²) in [6.45, 7) is 5.84. The van der Waals surface area contributed by atoms with Crippen LogP contribution in [0.2, 0.25) is 0 Å². The van der Waals surface area contributed by atoms with Crippen LogP contribution in [0.5, 0.6) is 5.88 Å². The predicted molar refractivity (Wildman–Crippen MR) is 130 cm³/mol. The van der Waals surface area contributed by atoms with E-state index < -0.39 is 5.97 Å². The Morgan fingerprint density at radius 3 is 2.68 bits per heavy atom. The van der Waals surface area contributed by atoms with Crippen molar-refractivity contribution in [3.05, 3.63) is 35.7 Å². The molecule has 188 valence electrons. The van der Waals surface area contributed by atoms with E-state index in [4.69, 9.17) is 9.84 Å². The van der Waals surface area contributed by atoms with Crippen molar-refractivity contribution in [1.29, 1.82) is 0 Å². The van der Waals surface area contributed by atoms with E-state index >= 15 is 0 Å². The molecule has 2 aliphatic rings. The minimum Gasteiger partial charge on any atom is -0.477 e. The third-order valence-corrected chi connectivity index (χ3v) is 6.48. The summed E-state index contributed by atoms with van der Waals surface area (Å²) >= 11 is 0. The van der Waals surface area contributed by atoms with Crippen LogP contribution in [0.3, 0.4) is 0 Å². The number of carboxylic acid groups (broad SMARTS) is 1. The number of allylic oxidation sites excluding steroid dienone is 1. The van der Waals surface area contributed by atoms with Crippen LogP contribution in [0, 0.1) is 11.8 Å². The van der Waals surface area contributed by atoms with Crippen LogP contribution in [0.4, 0.5) is 4.79 Å². The number of aromatic carboxylic acids is 1. The van der Waals surface area contributed by atoms with Crippen LogP contribution in [0.25, 0.3) is 0 Å². The quantitative estimate of drug-likeness (QED) is 0.311. The summed E-state index contributed by atoms with van der Waals surface area (Å²) in [6.07, 6.45) is 9.74. The number of carbonyl (C=O) groups is 2.